The highest BCUT2D eigenvalue weighted by atomic mass is 16.1. The van der Waals surface area contributed by atoms with Crippen LogP contribution < -0.4 is 10.6 Å². The van der Waals surface area contributed by atoms with Crippen molar-refractivity contribution in [3.8, 4) is 0 Å². The lowest BCUT2D eigenvalue weighted by atomic mass is 9.82. The molecule has 0 atom stereocenters. The Morgan fingerprint density at radius 2 is 1.89 bits per heavy atom. The average Bonchev–Trinajstić information content (AvgIpc) is 2.45. The Morgan fingerprint density at radius 1 is 1.21 bits per heavy atom. The van der Waals surface area contributed by atoms with E-state index in [0.29, 0.717) is 5.91 Å². The predicted octanol–water partition coefficient (Wildman–Crippen LogP) is 1.22. The molecule has 0 unspecified atom stereocenters. The SMILES string of the molecule is CC1CCC(C(=O)NCCCN2CCNCC2)CC1. The third kappa shape index (κ3) is 5.11. The minimum atomic E-state index is 0.287. The molecular formula is C15H29N3O. The van der Waals surface area contributed by atoms with Crippen molar-refractivity contribution in [2.24, 2.45) is 11.8 Å². The Kier molecular flexibility index (Phi) is 6.11. The highest BCUT2D eigenvalue weighted by Crippen LogP contribution is 2.28. The zero-order valence-corrected chi connectivity index (χ0v) is 12.3. The first-order valence-electron chi connectivity index (χ1n) is 7.96. The number of hydrogen-bond donors (Lipinski definition) is 2. The number of carbonyl (C=O) groups excluding carboxylic acids is 1. The summed E-state index contributed by atoms with van der Waals surface area (Å²) in [6.07, 6.45) is 5.70. The molecule has 4 heteroatoms. The number of amides is 1. The molecule has 2 fully saturated rings. The standard InChI is InChI=1S/C15H29N3O/c1-13-3-5-14(6-4-13)15(19)17-7-2-10-18-11-8-16-9-12-18/h13-14,16H,2-12H2,1H3,(H,17,19). The number of nitrogens with zero attached hydrogens (tertiary/aromatic N) is 1. The summed E-state index contributed by atoms with van der Waals surface area (Å²) in [5, 5.41) is 6.48. The van der Waals surface area contributed by atoms with Crippen LogP contribution in [0.5, 0.6) is 0 Å². The van der Waals surface area contributed by atoms with E-state index in [2.05, 4.69) is 22.5 Å². The fourth-order valence-corrected chi connectivity index (χ4v) is 3.12. The highest BCUT2D eigenvalue weighted by molar-refractivity contribution is 5.78. The Morgan fingerprint density at radius 3 is 2.58 bits per heavy atom. The van der Waals surface area contributed by atoms with Crippen LogP contribution >= 0.6 is 0 Å². The summed E-state index contributed by atoms with van der Waals surface area (Å²) >= 11 is 0. The summed E-state index contributed by atoms with van der Waals surface area (Å²) in [6.45, 7) is 8.75. The number of carbonyl (C=O) groups is 1. The molecule has 0 aromatic heterocycles. The van der Waals surface area contributed by atoms with Gasteiger partial charge in [0.1, 0.15) is 0 Å². The highest BCUT2D eigenvalue weighted by Gasteiger charge is 2.23. The van der Waals surface area contributed by atoms with Crippen molar-refractivity contribution in [2.75, 3.05) is 39.3 Å². The first kappa shape index (κ1) is 14.8. The van der Waals surface area contributed by atoms with Crippen LogP contribution in [-0.4, -0.2) is 50.1 Å². The van der Waals surface area contributed by atoms with Crippen molar-refractivity contribution in [1.29, 1.82) is 0 Å². The second-order valence-electron chi connectivity index (χ2n) is 6.19. The molecule has 0 aromatic carbocycles. The lowest BCUT2D eigenvalue weighted by molar-refractivity contribution is -0.126. The third-order valence-electron chi connectivity index (χ3n) is 4.55. The fourth-order valence-electron chi connectivity index (χ4n) is 3.12. The van der Waals surface area contributed by atoms with E-state index >= 15 is 0 Å². The summed E-state index contributed by atoms with van der Waals surface area (Å²) in [4.78, 5) is 14.5. The van der Waals surface area contributed by atoms with Gasteiger partial charge in [-0.25, -0.2) is 0 Å². The Labute approximate surface area is 117 Å². The summed E-state index contributed by atoms with van der Waals surface area (Å²) in [5.41, 5.74) is 0. The molecule has 0 spiro atoms. The molecule has 110 valence electrons. The zero-order chi connectivity index (χ0) is 13.5. The lowest BCUT2D eigenvalue weighted by Crippen LogP contribution is -2.44. The quantitative estimate of drug-likeness (QED) is 0.736. The van der Waals surface area contributed by atoms with Gasteiger partial charge >= 0.3 is 0 Å². The van der Waals surface area contributed by atoms with E-state index in [9.17, 15) is 4.79 Å². The summed E-state index contributed by atoms with van der Waals surface area (Å²) in [7, 11) is 0. The molecule has 19 heavy (non-hydrogen) atoms. The maximum atomic E-state index is 12.0. The second-order valence-corrected chi connectivity index (χ2v) is 6.19. The Balaban J connectivity index is 1.53. The van der Waals surface area contributed by atoms with E-state index in [4.69, 9.17) is 0 Å². The summed E-state index contributed by atoms with van der Waals surface area (Å²) in [5.74, 6) is 1.40. The predicted molar refractivity (Wildman–Crippen MR) is 78.1 cm³/mol. The van der Waals surface area contributed by atoms with Crippen LogP contribution in [-0.2, 0) is 4.79 Å². The van der Waals surface area contributed by atoms with Crippen LogP contribution in [0, 0.1) is 11.8 Å². The van der Waals surface area contributed by atoms with E-state index in [1.807, 2.05) is 0 Å². The van der Waals surface area contributed by atoms with Crippen molar-refractivity contribution in [2.45, 2.75) is 39.0 Å². The molecule has 1 saturated carbocycles. The molecular weight excluding hydrogens is 238 g/mol. The maximum absolute atomic E-state index is 12.0. The molecule has 2 rings (SSSR count). The molecule has 1 aliphatic heterocycles. The molecule has 1 aliphatic carbocycles. The van der Waals surface area contributed by atoms with Crippen molar-refractivity contribution in [3.05, 3.63) is 0 Å². The first-order chi connectivity index (χ1) is 9.25. The van der Waals surface area contributed by atoms with Gasteiger partial charge in [0.2, 0.25) is 5.91 Å². The fraction of sp³-hybridized carbons (Fsp3) is 0.933. The lowest BCUT2D eigenvalue weighted by Gasteiger charge is -2.27. The van der Waals surface area contributed by atoms with Crippen LogP contribution in [0.2, 0.25) is 0 Å². The minimum absolute atomic E-state index is 0.287. The third-order valence-corrected chi connectivity index (χ3v) is 4.55. The van der Waals surface area contributed by atoms with Crippen LogP contribution in [0.1, 0.15) is 39.0 Å². The van der Waals surface area contributed by atoms with Gasteiger partial charge < -0.3 is 15.5 Å². The number of nitrogens with one attached hydrogen (secondary N) is 2. The monoisotopic (exact) mass is 267 g/mol. The molecule has 1 saturated heterocycles. The molecule has 1 amide bonds. The van der Waals surface area contributed by atoms with Gasteiger partial charge in [0.15, 0.2) is 0 Å². The Bertz CT molecular complexity index is 269. The van der Waals surface area contributed by atoms with Crippen molar-refractivity contribution in [1.82, 2.24) is 15.5 Å². The van der Waals surface area contributed by atoms with E-state index in [1.54, 1.807) is 0 Å². The summed E-state index contributed by atoms with van der Waals surface area (Å²) in [6, 6.07) is 0. The largest absolute Gasteiger partial charge is 0.356 e. The second kappa shape index (κ2) is 7.85. The topological polar surface area (TPSA) is 44.4 Å². The normalized spacial score (nSPS) is 29.1. The molecule has 2 aliphatic rings. The van der Waals surface area contributed by atoms with Gasteiger partial charge in [0, 0.05) is 38.6 Å². The van der Waals surface area contributed by atoms with Gasteiger partial charge in [-0.3, -0.25) is 4.79 Å². The van der Waals surface area contributed by atoms with E-state index in [1.165, 1.54) is 12.8 Å². The first-order valence-corrected chi connectivity index (χ1v) is 7.96. The maximum Gasteiger partial charge on any atom is 0.223 e. The number of piperazine rings is 1. The molecule has 0 bridgehead atoms. The van der Waals surface area contributed by atoms with Crippen LogP contribution in [0.15, 0.2) is 0 Å². The van der Waals surface area contributed by atoms with E-state index in [0.717, 1.165) is 64.4 Å². The van der Waals surface area contributed by atoms with Crippen molar-refractivity contribution >= 4 is 5.91 Å². The van der Waals surface area contributed by atoms with Gasteiger partial charge in [-0.1, -0.05) is 6.92 Å². The van der Waals surface area contributed by atoms with Crippen molar-refractivity contribution in [3.63, 3.8) is 0 Å². The molecule has 4 nitrogen and oxygen atoms in total. The smallest absolute Gasteiger partial charge is 0.223 e. The van der Waals surface area contributed by atoms with Gasteiger partial charge in [0.05, 0.1) is 0 Å². The molecule has 0 radical (unpaired) electrons. The molecule has 2 N–H and O–H groups in total. The van der Waals surface area contributed by atoms with Gasteiger partial charge in [0.25, 0.3) is 0 Å². The van der Waals surface area contributed by atoms with Crippen LogP contribution in [0.3, 0.4) is 0 Å². The van der Waals surface area contributed by atoms with E-state index in [-0.39, 0.29) is 5.92 Å². The zero-order valence-electron chi connectivity index (χ0n) is 12.3. The van der Waals surface area contributed by atoms with E-state index < -0.39 is 0 Å². The Hall–Kier alpha value is -0.610. The van der Waals surface area contributed by atoms with Crippen molar-refractivity contribution < 1.29 is 4.79 Å². The average molecular weight is 267 g/mol. The summed E-state index contributed by atoms with van der Waals surface area (Å²) < 4.78 is 0. The van der Waals surface area contributed by atoms with Gasteiger partial charge in [-0.05, 0) is 44.6 Å². The minimum Gasteiger partial charge on any atom is -0.356 e. The van der Waals surface area contributed by atoms with Crippen LogP contribution in [0.25, 0.3) is 0 Å². The molecule has 0 aromatic rings. The number of rotatable bonds is 5. The van der Waals surface area contributed by atoms with Gasteiger partial charge in [-0.15, -0.1) is 0 Å². The molecule has 1 heterocycles. The van der Waals surface area contributed by atoms with Gasteiger partial charge in [-0.2, -0.15) is 0 Å². The van der Waals surface area contributed by atoms with Crippen LogP contribution in [0.4, 0.5) is 0 Å². The number of hydrogen-bond acceptors (Lipinski definition) is 3.